The van der Waals surface area contributed by atoms with Gasteiger partial charge in [-0.15, -0.1) is 0 Å². The third kappa shape index (κ3) is 4.21. The van der Waals surface area contributed by atoms with Gasteiger partial charge in [-0.1, -0.05) is 97.9 Å². The second-order valence-corrected chi connectivity index (χ2v) is 12.4. The van der Waals surface area contributed by atoms with Gasteiger partial charge in [0.1, 0.15) is 0 Å². The second kappa shape index (κ2) is 10.6. The molecule has 2 aromatic heterocycles. The molecule has 8 heteroatoms. The van der Waals surface area contributed by atoms with Crippen LogP contribution in [0.15, 0.2) is 127 Å². The van der Waals surface area contributed by atoms with E-state index in [4.69, 9.17) is 0 Å². The Morgan fingerprint density at radius 2 is 0.938 bits per heavy atom. The molecule has 0 fully saturated rings. The van der Waals surface area contributed by atoms with Gasteiger partial charge in [0.15, 0.2) is 0 Å². The van der Waals surface area contributed by atoms with Crippen LogP contribution in [0.25, 0.3) is 50.2 Å². The van der Waals surface area contributed by atoms with Gasteiger partial charge in [0.05, 0.1) is 16.6 Å². The lowest BCUT2D eigenvalue weighted by molar-refractivity contribution is -0.288. The predicted octanol–water partition coefficient (Wildman–Crippen LogP) is 11.7. The molecule has 5 aromatic carbocycles. The summed E-state index contributed by atoms with van der Waals surface area (Å²) in [5.74, 6) is 0.106. The molecular weight excluding hydrogens is 622 g/mol. The zero-order valence-corrected chi connectivity index (χ0v) is 25.6. The molecule has 0 bridgehead atoms. The zero-order valence-electron chi connectivity index (χ0n) is 25.6. The maximum atomic E-state index is 15.2. The normalized spacial score (nSPS) is 15.4. The van der Waals surface area contributed by atoms with Gasteiger partial charge in [0.2, 0.25) is 5.41 Å². The van der Waals surface area contributed by atoms with Crippen molar-refractivity contribution in [1.29, 1.82) is 0 Å². The van der Waals surface area contributed by atoms with Gasteiger partial charge >= 0.3 is 12.4 Å². The van der Waals surface area contributed by atoms with E-state index in [1.54, 1.807) is 0 Å². The molecule has 0 spiro atoms. The summed E-state index contributed by atoms with van der Waals surface area (Å²) in [6.45, 7) is 2.06. The SMILES string of the molecule is CC1CC=Cc2c1n(-c1ccc(C(c3ccc(-n4c5ccccc5c5ccccc54)cc3)(C(F)(F)F)C(F)(F)F)cc1)c1ccccc21. The van der Waals surface area contributed by atoms with Crippen LogP contribution in [0.2, 0.25) is 0 Å². The van der Waals surface area contributed by atoms with Crippen LogP contribution >= 0.6 is 0 Å². The smallest absolute Gasteiger partial charge is 0.313 e. The van der Waals surface area contributed by atoms with Crippen molar-refractivity contribution >= 4 is 38.8 Å². The largest absolute Gasteiger partial charge is 0.411 e. The van der Waals surface area contributed by atoms with E-state index in [9.17, 15) is 0 Å². The highest BCUT2D eigenvalue weighted by molar-refractivity contribution is 6.09. The number of hydrogen-bond acceptors (Lipinski definition) is 0. The van der Waals surface area contributed by atoms with Crippen molar-refractivity contribution in [2.45, 2.75) is 37.0 Å². The first kappa shape index (κ1) is 30.1. The fourth-order valence-electron chi connectivity index (χ4n) is 7.63. The Labute approximate surface area is 272 Å². The molecular formula is C40H28F6N2. The lowest BCUT2D eigenvalue weighted by atomic mass is 9.73. The number of benzene rings is 5. The van der Waals surface area contributed by atoms with E-state index in [1.807, 2.05) is 88.0 Å². The molecule has 0 amide bonds. The van der Waals surface area contributed by atoms with E-state index in [1.165, 1.54) is 24.3 Å². The number of halogens is 6. The van der Waals surface area contributed by atoms with Gasteiger partial charge < -0.3 is 9.13 Å². The summed E-state index contributed by atoms with van der Waals surface area (Å²) in [7, 11) is 0. The molecule has 0 N–H and O–H groups in total. The Kier molecular flexibility index (Phi) is 6.67. The number of alkyl halides is 6. The molecule has 1 unspecified atom stereocenters. The minimum absolute atomic E-state index is 0.106. The van der Waals surface area contributed by atoms with Crippen molar-refractivity contribution in [3.05, 3.63) is 150 Å². The van der Waals surface area contributed by atoms with Crippen molar-refractivity contribution < 1.29 is 26.3 Å². The van der Waals surface area contributed by atoms with Crippen molar-refractivity contribution in [2.75, 3.05) is 0 Å². The maximum absolute atomic E-state index is 15.2. The highest BCUT2D eigenvalue weighted by Crippen LogP contribution is 2.56. The number of fused-ring (bicyclic) bond motifs is 6. The topological polar surface area (TPSA) is 9.86 Å². The third-order valence-corrected chi connectivity index (χ3v) is 9.74. The van der Waals surface area contributed by atoms with Crippen LogP contribution in [0.5, 0.6) is 0 Å². The van der Waals surface area contributed by atoms with E-state index in [0.29, 0.717) is 11.4 Å². The summed E-state index contributed by atoms with van der Waals surface area (Å²) in [5.41, 5.74) is -0.679. The highest BCUT2D eigenvalue weighted by Gasteiger charge is 2.72. The summed E-state index contributed by atoms with van der Waals surface area (Å²) in [6.07, 6.45) is -6.50. The first-order valence-corrected chi connectivity index (χ1v) is 15.7. The molecule has 1 atom stereocenters. The average molecular weight is 651 g/mol. The van der Waals surface area contributed by atoms with E-state index >= 15 is 26.3 Å². The molecule has 1 aliphatic rings. The molecule has 2 heterocycles. The summed E-state index contributed by atoms with van der Waals surface area (Å²) >= 11 is 0. The fourth-order valence-corrected chi connectivity index (χ4v) is 7.63. The van der Waals surface area contributed by atoms with Gasteiger partial charge in [0.25, 0.3) is 0 Å². The highest BCUT2D eigenvalue weighted by atomic mass is 19.4. The Morgan fingerprint density at radius 3 is 1.42 bits per heavy atom. The Morgan fingerprint density at radius 1 is 0.521 bits per heavy atom. The quantitative estimate of drug-likeness (QED) is 0.168. The minimum Gasteiger partial charge on any atom is -0.313 e. The van der Waals surface area contributed by atoms with E-state index in [-0.39, 0.29) is 5.92 Å². The molecule has 7 aromatic rings. The monoisotopic (exact) mass is 650 g/mol. The van der Waals surface area contributed by atoms with Crippen LogP contribution in [0, 0.1) is 0 Å². The molecule has 1 aliphatic carbocycles. The Hall–Kier alpha value is -5.24. The Balaban J connectivity index is 1.29. The predicted molar refractivity (Wildman–Crippen MR) is 179 cm³/mol. The van der Waals surface area contributed by atoms with Crippen LogP contribution in [-0.4, -0.2) is 21.5 Å². The number of para-hydroxylation sites is 3. The molecule has 240 valence electrons. The lowest BCUT2D eigenvalue weighted by Crippen LogP contribution is -2.54. The lowest BCUT2D eigenvalue weighted by Gasteiger charge is -2.38. The molecule has 8 rings (SSSR count). The Bertz CT molecular complexity index is 2290. The van der Waals surface area contributed by atoms with E-state index in [0.717, 1.165) is 74.7 Å². The average Bonchev–Trinajstić information content (AvgIpc) is 3.59. The van der Waals surface area contributed by atoms with Crippen molar-refractivity contribution in [1.82, 2.24) is 9.13 Å². The summed E-state index contributed by atoms with van der Waals surface area (Å²) in [4.78, 5) is 0. The second-order valence-electron chi connectivity index (χ2n) is 12.4. The molecule has 48 heavy (non-hydrogen) atoms. The van der Waals surface area contributed by atoms with E-state index in [2.05, 4.69) is 13.0 Å². The standard InChI is InChI=1S/C40H28F6N2/c1-25-9-8-13-33-32-12-4-7-16-36(32)48(37(25)33)29-23-19-27(20-24-29)38(39(41,42)43,40(44,45)46)26-17-21-28(22-18-26)47-34-14-5-2-10-30(34)31-11-3-6-15-35(31)47/h2-8,10-25H,9H2,1H3. The maximum Gasteiger partial charge on any atom is 0.411 e. The third-order valence-electron chi connectivity index (χ3n) is 9.74. The van der Waals surface area contributed by atoms with E-state index < -0.39 is 28.9 Å². The van der Waals surface area contributed by atoms with Gasteiger partial charge in [-0.2, -0.15) is 26.3 Å². The van der Waals surface area contributed by atoms with Gasteiger partial charge in [-0.3, -0.25) is 0 Å². The molecule has 0 aliphatic heterocycles. The van der Waals surface area contributed by atoms with Gasteiger partial charge in [-0.05, 0) is 60.0 Å². The van der Waals surface area contributed by atoms with Crippen LogP contribution in [0.3, 0.4) is 0 Å². The van der Waals surface area contributed by atoms with Crippen LogP contribution in [-0.2, 0) is 5.41 Å². The number of nitrogens with zero attached hydrogens (tertiary/aromatic N) is 2. The summed E-state index contributed by atoms with van der Waals surface area (Å²) in [6, 6.07) is 32.0. The van der Waals surface area contributed by atoms with Gasteiger partial charge in [0, 0.05) is 44.7 Å². The van der Waals surface area contributed by atoms with Crippen molar-refractivity contribution in [3.63, 3.8) is 0 Å². The first-order valence-electron chi connectivity index (χ1n) is 15.7. The van der Waals surface area contributed by atoms with Gasteiger partial charge in [-0.25, -0.2) is 0 Å². The van der Waals surface area contributed by atoms with Crippen LogP contribution in [0.1, 0.15) is 41.6 Å². The summed E-state index contributed by atoms with van der Waals surface area (Å²) in [5, 5.41) is 2.83. The number of hydrogen-bond donors (Lipinski definition) is 0. The van der Waals surface area contributed by atoms with Crippen LogP contribution in [0.4, 0.5) is 26.3 Å². The zero-order chi connectivity index (χ0) is 33.4. The number of rotatable bonds is 4. The van der Waals surface area contributed by atoms with Crippen molar-refractivity contribution in [2.24, 2.45) is 0 Å². The molecule has 0 saturated heterocycles. The molecule has 0 saturated carbocycles. The number of aromatic nitrogens is 2. The molecule has 0 radical (unpaired) electrons. The minimum atomic E-state index is -5.69. The molecule has 2 nitrogen and oxygen atoms in total. The van der Waals surface area contributed by atoms with Crippen LogP contribution < -0.4 is 0 Å². The number of allylic oxidation sites excluding steroid dienone is 1. The first-order chi connectivity index (χ1) is 23.0. The summed E-state index contributed by atoms with van der Waals surface area (Å²) < 4.78 is 94.7. The van der Waals surface area contributed by atoms with Crippen molar-refractivity contribution in [3.8, 4) is 11.4 Å². The fraction of sp³-hybridized carbons (Fsp3) is 0.150.